The summed E-state index contributed by atoms with van der Waals surface area (Å²) in [5, 5.41) is 8.47. The Balaban J connectivity index is 5.03. The minimum Gasteiger partial charge on any atom is -0.310 e. The lowest BCUT2D eigenvalue weighted by atomic mass is 9.96. The third-order valence-electron chi connectivity index (χ3n) is 2.65. The molecule has 0 atom stereocenters. The van der Waals surface area contributed by atoms with E-state index in [1.165, 1.54) is 24.0 Å². The molecule has 0 aliphatic rings. The summed E-state index contributed by atoms with van der Waals surface area (Å²) in [7, 11) is 0. The van der Waals surface area contributed by atoms with Crippen LogP contribution in [0.3, 0.4) is 0 Å². The van der Waals surface area contributed by atoms with Crippen molar-refractivity contribution in [1.29, 1.82) is 5.41 Å². The van der Waals surface area contributed by atoms with E-state index in [0.717, 1.165) is 24.3 Å². The Labute approximate surface area is 105 Å². The minimum absolute atomic E-state index is 0.714. The topological polar surface area (TPSA) is 23.9 Å². The Morgan fingerprint density at radius 3 is 2.31 bits per heavy atom. The number of unbranched alkanes of at least 4 members (excludes halogenated alkanes) is 1. The lowest BCUT2D eigenvalue weighted by Gasteiger charge is -2.13. The van der Waals surface area contributed by atoms with Gasteiger partial charge in [-0.05, 0) is 38.7 Å². The van der Waals surface area contributed by atoms with Crippen molar-refractivity contribution in [2.24, 2.45) is 0 Å². The van der Waals surface area contributed by atoms with Gasteiger partial charge in [0.05, 0.1) is 0 Å². The molecule has 0 fully saturated rings. The molecule has 0 radical (unpaired) electrons. The van der Waals surface area contributed by atoms with E-state index in [9.17, 15) is 0 Å². The fourth-order valence-electron chi connectivity index (χ4n) is 1.76. The second-order valence-corrected chi connectivity index (χ2v) is 4.54. The molecule has 0 aliphatic carbocycles. The van der Waals surface area contributed by atoms with Crippen LogP contribution in [0.1, 0.15) is 59.8 Å². The fraction of sp³-hybridized carbons (Fsp3) is 0.643. The number of halogens is 1. The minimum atomic E-state index is 0.714. The molecule has 0 unspecified atom stereocenters. The summed E-state index contributed by atoms with van der Waals surface area (Å²) < 4.78 is 0. The summed E-state index contributed by atoms with van der Waals surface area (Å²) in [4.78, 5) is 0. The second kappa shape index (κ2) is 8.58. The van der Waals surface area contributed by atoms with Crippen LogP contribution in [0.15, 0.2) is 22.3 Å². The molecular formula is C14H24ClN. The molecule has 0 aromatic carbocycles. The van der Waals surface area contributed by atoms with Gasteiger partial charge in [-0.3, -0.25) is 0 Å². The average Bonchev–Trinajstić information content (AvgIpc) is 2.26. The fourth-order valence-corrected chi connectivity index (χ4v) is 1.99. The highest BCUT2D eigenvalue weighted by atomic mass is 35.5. The van der Waals surface area contributed by atoms with Gasteiger partial charge in [0.25, 0.3) is 0 Å². The molecule has 0 bridgehead atoms. The number of hydrogen-bond acceptors (Lipinski definition) is 1. The van der Waals surface area contributed by atoms with Crippen LogP contribution < -0.4 is 0 Å². The van der Waals surface area contributed by atoms with Crippen LogP contribution >= 0.6 is 11.6 Å². The van der Waals surface area contributed by atoms with Gasteiger partial charge in [0.15, 0.2) is 0 Å². The Morgan fingerprint density at radius 1 is 1.31 bits per heavy atom. The van der Waals surface area contributed by atoms with Crippen molar-refractivity contribution >= 4 is 17.3 Å². The zero-order chi connectivity index (χ0) is 12.6. The second-order valence-electron chi connectivity index (χ2n) is 4.13. The van der Waals surface area contributed by atoms with Crippen molar-refractivity contribution in [2.45, 2.75) is 59.8 Å². The third-order valence-corrected chi connectivity index (χ3v) is 3.10. The predicted molar refractivity (Wildman–Crippen MR) is 74.5 cm³/mol. The maximum atomic E-state index is 7.60. The summed E-state index contributed by atoms with van der Waals surface area (Å²) in [6.07, 6.45) is 7.09. The van der Waals surface area contributed by atoms with Crippen molar-refractivity contribution < 1.29 is 0 Å². The molecule has 0 amide bonds. The molecule has 0 saturated heterocycles. The first kappa shape index (κ1) is 15.4. The van der Waals surface area contributed by atoms with Gasteiger partial charge < -0.3 is 5.41 Å². The summed E-state index contributed by atoms with van der Waals surface area (Å²) in [5.41, 5.74) is 3.30. The maximum absolute atomic E-state index is 7.60. The molecule has 0 aromatic heterocycles. The number of allylic oxidation sites excluding steroid dienone is 4. The largest absolute Gasteiger partial charge is 0.310 e. The first-order chi connectivity index (χ1) is 7.56. The van der Waals surface area contributed by atoms with E-state index in [2.05, 4.69) is 13.8 Å². The predicted octanol–water partition coefficient (Wildman–Crippen LogP) is 5.46. The standard InChI is InChI=1S/C14H24ClN/c1-5-8-9-13(14(15)7-3)12(6-2)10-11(4)16/h7,16H,5-6,8-10H2,1-4H3/b13-12-,14-7+,16-11?. The average molecular weight is 242 g/mol. The van der Waals surface area contributed by atoms with E-state index in [1.54, 1.807) is 0 Å². The molecule has 1 nitrogen and oxygen atoms in total. The zero-order valence-corrected chi connectivity index (χ0v) is 11.7. The van der Waals surface area contributed by atoms with Crippen LogP contribution in [0.4, 0.5) is 0 Å². The molecule has 16 heavy (non-hydrogen) atoms. The van der Waals surface area contributed by atoms with Gasteiger partial charge in [-0.25, -0.2) is 0 Å². The highest BCUT2D eigenvalue weighted by Crippen LogP contribution is 2.27. The highest BCUT2D eigenvalue weighted by Gasteiger charge is 2.09. The molecule has 1 N–H and O–H groups in total. The van der Waals surface area contributed by atoms with E-state index < -0.39 is 0 Å². The molecule has 0 saturated carbocycles. The molecule has 2 heteroatoms. The molecule has 0 heterocycles. The Hall–Kier alpha value is -0.560. The lowest BCUT2D eigenvalue weighted by molar-refractivity contribution is 0.782. The van der Waals surface area contributed by atoms with Gasteiger partial charge >= 0.3 is 0 Å². The first-order valence-corrected chi connectivity index (χ1v) is 6.51. The van der Waals surface area contributed by atoms with Gasteiger partial charge in [-0.1, -0.05) is 43.5 Å². The molecular weight excluding hydrogens is 218 g/mol. The van der Waals surface area contributed by atoms with Crippen LogP contribution in [0.2, 0.25) is 0 Å². The van der Waals surface area contributed by atoms with Crippen molar-refractivity contribution in [3.05, 3.63) is 22.3 Å². The smallest absolute Gasteiger partial charge is 0.0395 e. The Kier molecular flexibility index (Phi) is 8.28. The van der Waals surface area contributed by atoms with Gasteiger partial charge in [-0.15, -0.1) is 0 Å². The van der Waals surface area contributed by atoms with E-state index in [-0.39, 0.29) is 0 Å². The van der Waals surface area contributed by atoms with Crippen molar-refractivity contribution in [3.8, 4) is 0 Å². The monoisotopic (exact) mass is 241 g/mol. The number of nitrogens with one attached hydrogen (secondary N) is 1. The normalized spacial score (nSPS) is 13.7. The lowest BCUT2D eigenvalue weighted by Crippen LogP contribution is -1.98. The van der Waals surface area contributed by atoms with Gasteiger partial charge in [0.2, 0.25) is 0 Å². The summed E-state index contributed by atoms with van der Waals surface area (Å²) in [6.45, 7) is 8.16. The molecule has 0 aromatic rings. The molecule has 0 aliphatic heterocycles. The summed E-state index contributed by atoms with van der Waals surface area (Å²) in [5.74, 6) is 0. The molecule has 92 valence electrons. The highest BCUT2D eigenvalue weighted by molar-refractivity contribution is 6.32. The quantitative estimate of drug-likeness (QED) is 0.452. The van der Waals surface area contributed by atoms with Crippen LogP contribution in [0.5, 0.6) is 0 Å². The van der Waals surface area contributed by atoms with Crippen LogP contribution in [0.25, 0.3) is 0 Å². The number of hydrogen-bond donors (Lipinski definition) is 1. The maximum Gasteiger partial charge on any atom is 0.0395 e. The van der Waals surface area contributed by atoms with Gasteiger partial charge in [-0.2, -0.15) is 0 Å². The van der Waals surface area contributed by atoms with Crippen molar-refractivity contribution in [2.75, 3.05) is 0 Å². The van der Waals surface area contributed by atoms with Gasteiger partial charge in [0.1, 0.15) is 0 Å². The third kappa shape index (κ3) is 5.50. The van der Waals surface area contributed by atoms with E-state index in [1.807, 2.05) is 19.9 Å². The van der Waals surface area contributed by atoms with Crippen molar-refractivity contribution in [1.82, 2.24) is 0 Å². The van der Waals surface area contributed by atoms with E-state index in [0.29, 0.717) is 5.71 Å². The first-order valence-electron chi connectivity index (χ1n) is 6.13. The van der Waals surface area contributed by atoms with E-state index >= 15 is 0 Å². The van der Waals surface area contributed by atoms with Crippen LogP contribution in [-0.2, 0) is 0 Å². The van der Waals surface area contributed by atoms with Crippen LogP contribution in [0, 0.1) is 5.41 Å². The Morgan fingerprint density at radius 2 is 1.94 bits per heavy atom. The Bertz CT molecular complexity index is 287. The van der Waals surface area contributed by atoms with Gasteiger partial charge in [0, 0.05) is 17.2 Å². The molecule has 0 rings (SSSR count). The molecule has 0 spiro atoms. The summed E-state index contributed by atoms with van der Waals surface area (Å²) in [6, 6.07) is 0. The van der Waals surface area contributed by atoms with Crippen LogP contribution in [-0.4, -0.2) is 5.71 Å². The zero-order valence-electron chi connectivity index (χ0n) is 11.0. The van der Waals surface area contributed by atoms with Crippen molar-refractivity contribution in [3.63, 3.8) is 0 Å². The summed E-state index contributed by atoms with van der Waals surface area (Å²) >= 11 is 6.26. The SMILES string of the molecule is C/C=C(Cl)\C(CCCC)=C(\CC)CC(C)=N. The number of rotatable bonds is 7. The van der Waals surface area contributed by atoms with E-state index in [4.69, 9.17) is 17.0 Å².